The van der Waals surface area contributed by atoms with Crippen LogP contribution < -0.4 is 5.32 Å². The van der Waals surface area contributed by atoms with E-state index in [1.807, 2.05) is 57.2 Å². The molecule has 0 radical (unpaired) electrons. The van der Waals surface area contributed by atoms with Crippen molar-refractivity contribution in [2.24, 2.45) is 5.41 Å². The van der Waals surface area contributed by atoms with E-state index < -0.39 is 47.7 Å². The van der Waals surface area contributed by atoms with Gasteiger partial charge in [-0.2, -0.15) is 0 Å². The van der Waals surface area contributed by atoms with Crippen LogP contribution in [0.5, 0.6) is 0 Å². The molecule has 2 heterocycles. The van der Waals surface area contributed by atoms with Gasteiger partial charge in [0, 0.05) is 20.0 Å². The Kier molecular flexibility index (Phi) is 9.18. The summed E-state index contributed by atoms with van der Waals surface area (Å²) >= 11 is 0. The Hall–Kier alpha value is -3.56. The van der Waals surface area contributed by atoms with E-state index in [1.54, 1.807) is 7.05 Å². The summed E-state index contributed by atoms with van der Waals surface area (Å²) in [6.07, 6.45) is 3.36. The van der Waals surface area contributed by atoms with Crippen LogP contribution in [0, 0.1) is 5.41 Å². The number of hydrogen-bond donors (Lipinski definition) is 1. The molecule has 1 N–H and O–H groups in total. The van der Waals surface area contributed by atoms with Crippen molar-refractivity contribution in [2.75, 3.05) is 27.3 Å². The number of methoxy groups -OCH3 is 1. The van der Waals surface area contributed by atoms with Gasteiger partial charge in [0.2, 0.25) is 5.91 Å². The Morgan fingerprint density at radius 3 is 2.59 bits per heavy atom. The van der Waals surface area contributed by atoms with Gasteiger partial charge in [-0.1, -0.05) is 57.2 Å². The van der Waals surface area contributed by atoms with Gasteiger partial charge in [0.25, 0.3) is 0 Å². The summed E-state index contributed by atoms with van der Waals surface area (Å²) < 4.78 is 16.0. The molecule has 10 nitrogen and oxygen atoms in total. The van der Waals surface area contributed by atoms with Gasteiger partial charge in [-0.3, -0.25) is 4.79 Å². The van der Waals surface area contributed by atoms with Crippen LogP contribution in [0.15, 0.2) is 30.3 Å². The van der Waals surface area contributed by atoms with Gasteiger partial charge < -0.3 is 29.3 Å². The van der Waals surface area contributed by atoms with Crippen molar-refractivity contribution < 1.29 is 33.4 Å². The lowest BCUT2D eigenvalue weighted by atomic mass is 9.85. The molecule has 1 fully saturated rings. The highest BCUT2D eigenvalue weighted by atomic mass is 16.6. The number of nitrogens with zero attached hydrogens (tertiary/aromatic N) is 2. The fourth-order valence-corrected chi connectivity index (χ4v) is 4.43. The van der Waals surface area contributed by atoms with Gasteiger partial charge in [-0.05, 0) is 29.4 Å². The normalized spacial score (nSPS) is 25.0. The topological polar surface area (TPSA) is 114 Å². The molecule has 3 amide bonds. The number of ether oxygens (including phenoxy) is 3. The molecule has 10 heteroatoms. The molecule has 0 unspecified atom stereocenters. The fourth-order valence-electron chi connectivity index (χ4n) is 4.43. The third kappa shape index (κ3) is 7.24. The van der Waals surface area contributed by atoms with Gasteiger partial charge in [-0.25, -0.2) is 14.4 Å². The molecule has 3 atom stereocenters. The first kappa shape index (κ1) is 28.0. The summed E-state index contributed by atoms with van der Waals surface area (Å²) in [5.41, 5.74) is 1.23. The van der Waals surface area contributed by atoms with E-state index in [0.717, 1.165) is 11.1 Å². The predicted octanol–water partition coefficient (Wildman–Crippen LogP) is 3.35. The van der Waals surface area contributed by atoms with Crippen LogP contribution >= 0.6 is 0 Å². The summed E-state index contributed by atoms with van der Waals surface area (Å²) in [4.78, 5) is 54.5. The Labute approximate surface area is 217 Å². The van der Waals surface area contributed by atoms with Crippen LogP contribution in [0.25, 0.3) is 6.08 Å². The van der Waals surface area contributed by atoms with E-state index in [0.29, 0.717) is 19.4 Å². The summed E-state index contributed by atoms with van der Waals surface area (Å²) in [6, 6.07) is 5.81. The van der Waals surface area contributed by atoms with Crippen LogP contribution in [0.3, 0.4) is 0 Å². The van der Waals surface area contributed by atoms with E-state index in [1.165, 1.54) is 16.9 Å². The quantitative estimate of drug-likeness (QED) is 0.451. The number of hydrogen-bond acceptors (Lipinski definition) is 7. The first-order chi connectivity index (χ1) is 17.5. The maximum Gasteiger partial charge on any atom is 0.410 e. The minimum atomic E-state index is -0.972. The van der Waals surface area contributed by atoms with Gasteiger partial charge in [0.05, 0.1) is 20.3 Å². The molecule has 0 saturated carbocycles. The standard InChI is InChI=1S/C27H37N3O7/c1-27(2,3)22-23(31)30-17-20(15-21(30)24(32)35-5)37-26(34)29(4)16-19-13-9-8-12-18(19)11-7-6-10-14-36-25(33)28-22/h7-9,11-13,20-22H,6,10,14-17H2,1-5H3,(H,28,33)/b11-7+/t20-,21+,22-/m1/s1. The van der Waals surface area contributed by atoms with Crippen LogP contribution in [0.2, 0.25) is 0 Å². The molecule has 1 aromatic carbocycles. The Morgan fingerprint density at radius 2 is 1.89 bits per heavy atom. The molecule has 0 aromatic heterocycles. The van der Waals surface area contributed by atoms with E-state index in [-0.39, 0.29) is 19.6 Å². The zero-order valence-electron chi connectivity index (χ0n) is 22.2. The lowest BCUT2D eigenvalue weighted by molar-refractivity contribution is -0.152. The van der Waals surface area contributed by atoms with Gasteiger partial charge in [-0.15, -0.1) is 0 Å². The van der Waals surface area contributed by atoms with Crippen molar-refractivity contribution in [3.8, 4) is 0 Å². The average Bonchev–Trinajstić information content (AvgIpc) is 3.27. The molecule has 2 aliphatic heterocycles. The molecule has 2 aliphatic rings. The summed E-state index contributed by atoms with van der Waals surface area (Å²) in [6.45, 7) is 5.94. The number of cyclic esters (lactones) is 1. The highest BCUT2D eigenvalue weighted by Gasteiger charge is 2.46. The van der Waals surface area contributed by atoms with E-state index in [2.05, 4.69) is 5.32 Å². The molecule has 202 valence electrons. The van der Waals surface area contributed by atoms with Crippen molar-refractivity contribution in [3.05, 3.63) is 41.5 Å². The van der Waals surface area contributed by atoms with Gasteiger partial charge >= 0.3 is 18.2 Å². The first-order valence-electron chi connectivity index (χ1n) is 12.5. The smallest absolute Gasteiger partial charge is 0.410 e. The Balaban J connectivity index is 1.90. The zero-order chi connectivity index (χ0) is 27.2. The second-order valence-corrected chi connectivity index (χ2v) is 10.4. The summed E-state index contributed by atoms with van der Waals surface area (Å²) in [5.74, 6) is -1.08. The number of nitrogens with one attached hydrogen (secondary N) is 1. The predicted molar refractivity (Wildman–Crippen MR) is 136 cm³/mol. The number of allylic oxidation sites excluding steroid dienone is 1. The molecular weight excluding hydrogens is 478 g/mol. The minimum absolute atomic E-state index is 0.000806. The Morgan fingerprint density at radius 1 is 1.16 bits per heavy atom. The van der Waals surface area contributed by atoms with Crippen molar-refractivity contribution in [2.45, 2.75) is 64.8 Å². The molecule has 2 bridgehead atoms. The number of amides is 3. The monoisotopic (exact) mass is 515 g/mol. The highest BCUT2D eigenvalue weighted by Crippen LogP contribution is 2.28. The number of carbonyl (C=O) groups is 4. The zero-order valence-corrected chi connectivity index (χ0v) is 22.2. The Bertz CT molecular complexity index is 1030. The largest absolute Gasteiger partial charge is 0.467 e. The number of benzene rings is 1. The minimum Gasteiger partial charge on any atom is -0.467 e. The van der Waals surface area contributed by atoms with Crippen LogP contribution in [-0.4, -0.2) is 79.4 Å². The molecule has 37 heavy (non-hydrogen) atoms. The number of carbonyl (C=O) groups excluding carboxylic acids is 4. The molecule has 0 aliphatic carbocycles. The molecule has 0 spiro atoms. The van der Waals surface area contributed by atoms with Crippen molar-refractivity contribution in [3.63, 3.8) is 0 Å². The number of rotatable bonds is 1. The SMILES string of the molecule is COC(=O)[C@@H]1C[C@@H]2CN1C(=O)[C@H](C(C)(C)C)NC(=O)OCCC/C=C/c1ccccc1CN(C)C(=O)O2. The van der Waals surface area contributed by atoms with Gasteiger partial charge in [0.1, 0.15) is 18.2 Å². The van der Waals surface area contributed by atoms with Crippen LogP contribution in [0.1, 0.15) is 51.2 Å². The van der Waals surface area contributed by atoms with Gasteiger partial charge in [0.15, 0.2) is 0 Å². The third-order valence-corrected chi connectivity index (χ3v) is 6.48. The second-order valence-electron chi connectivity index (χ2n) is 10.4. The lowest BCUT2D eigenvalue weighted by Gasteiger charge is -2.34. The molecule has 3 rings (SSSR count). The summed E-state index contributed by atoms with van der Waals surface area (Å²) in [5, 5.41) is 2.67. The molecule has 1 saturated heterocycles. The number of fused-ring (bicyclic) bond motifs is 3. The van der Waals surface area contributed by atoms with E-state index >= 15 is 0 Å². The first-order valence-corrected chi connectivity index (χ1v) is 12.5. The average molecular weight is 516 g/mol. The lowest BCUT2D eigenvalue weighted by Crippen LogP contribution is -2.57. The van der Waals surface area contributed by atoms with E-state index in [4.69, 9.17) is 14.2 Å². The maximum absolute atomic E-state index is 13.6. The van der Waals surface area contributed by atoms with Crippen LogP contribution in [0.4, 0.5) is 9.59 Å². The van der Waals surface area contributed by atoms with Crippen molar-refractivity contribution >= 4 is 30.1 Å². The molecular formula is C27H37N3O7. The third-order valence-electron chi connectivity index (χ3n) is 6.48. The van der Waals surface area contributed by atoms with E-state index in [9.17, 15) is 19.2 Å². The fraction of sp³-hybridized carbons (Fsp3) is 0.556. The number of esters is 1. The highest BCUT2D eigenvalue weighted by molar-refractivity contribution is 5.91. The van der Waals surface area contributed by atoms with Crippen molar-refractivity contribution in [1.29, 1.82) is 0 Å². The van der Waals surface area contributed by atoms with Crippen molar-refractivity contribution in [1.82, 2.24) is 15.1 Å². The summed E-state index contributed by atoms with van der Waals surface area (Å²) in [7, 11) is 2.88. The maximum atomic E-state index is 13.6. The van der Waals surface area contributed by atoms with Crippen LogP contribution in [-0.2, 0) is 30.3 Å². The second kappa shape index (κ2) is 12.1. The molecule has 1 aromatic rings. The number of alkyl carbamates (subject to hydrolysis) is 1.